The average molecular weight is 374 g/mol. The van der Waals surface area contributed by atoms with E-state index in [0.717, 1.165) is 24.3 Å². The van der Waals surface area contributed by atoms with Gasteiger partial charge >= 0.3 is 0 Å². The van der Waals surface area contributed by atoms with Crippen LogP contribution in [-0.2, 0) is 18.3 Å². The molecule has 2 heteroatoms. The van der Waals surface area contributed by atoms with Crippen LogP contribution >= 0.6 is 0 Å². The van der Waals surface area contributed by atoms with Gasteiger partial charge in [-0.2, -0.15) is 0 Å². The van der Waals surface area contributed by atoms with Gasteiger partial charge in [0.2, 0.25) is 0 Å². The maximum absolute atomic E-state index is 12.0. The monoisotopic (exact) mass is 373 g/mol. The van der Waals surface area contributed by atoms with E-state index >= 15 is 0 Å². The van der Waals surface area contributed by atoms with E-state index < -0.39 is 0 Å². The van der Waals surface area contributed by atoms with E-state index in [9.17, 15) is 4.79 Å². The van der Waals surface area contributed by atoms with E-state index in [0.29, 0.717) is 11.5 Å². The van der Waals surface area contributed by atoms with Crippen molar-refractivity contribution in [2.45, 2.75) is 63.3 Å². The molecular formula is C26H31NO. The second-order valence-corrected chi connectivity index (χ2v) is 9.23. The van der Waals surface area contributed by atoms with Gasteiger partial charge in [-0.15, -0.1) is 0 Å². The SMILES string of the molecule is CC(=O)c1ccc2c(c1)[C@@]13CCCC[C@H]1[C@@H](C2)N(CCc1ccccc1)CC3. The number of carbonyl (C=O) groups is 1. The highest BCUT2D eigenvalue weighted by atomic mass is 16.1. The Morgan fingerprint density at radius 3 is 2.79 bits per heavy atom. The second kappa shape index (κ2) is 7.15. The molecule has 1 saturated carbocycles. The number of ketones is 1. The molecule has 2 fully saturated rings. The maximum atomic E-state index is 12.0. The lowest BCUT2D eigenvalue weighted by Gasteiger charge is -2.59. The molecule has 28 heavy (non-hydrogen) atoms. The lowest BCUT2D eigenvalue weighted by Crippen LogP contribution is -2.61. The molecule has 0 N–H and O–H groups in total. The Hall–Kier alpha value is -1.93. The lowest BCUT2D eigenvalue weighted by atomic mass is 9.52. The van der Waals surface area contributed by atoms with E-state index in [2.05, 4.69) is 53.4 Å². The Morgan fingerprint density at radius 1 is 1.11 bits per heavy atom. The molecule has 3 aliphatic rings. The predicted octanol–water partition coefficient (Wildman–Crippen LogP) is 5.19. The molecule has 0 aromatic heterocycles. The van der Waals surface area contributed by atoms with Crippen LogP contribution in [0.25, 0.3) is 0 Å². The van der Waals surface area contributed by atoms with Gasteiger partial charge in [-0.3, -0.25) is 9.69 Å². The van der Waals surface area contributed by atoms with Crippen LogP contribution in [0.4, 0.5) is 0 Å². The van der Waals surface area contributed by atoms with Gasteiger partial charge < -0.3 is 0 Å². The Kier molecular flexibility index (Phi) is 4.63. The predicted molar refractivity (Wildman–Crippen MR) is 114 cm³/mol. The number of rotatable bonds is 4. The molecule has 1 aliphatic heterocycles. The van der Waals surface area contributed by atoms with Crippen molar-refractivity contribution in [1.29, 1.82) is 0 Å². The highest BCUT2D eigenvalue weighted by Crippen LogP contribution is 2.55. The third kappa shape index (κ3) is 2.93. The number of nitrogens with zero attached hydrogens (tertiary/aromatic N) is 1. The minimum Gasteiger partial charge on any atom is -0.299 e. The van der Waals surface area contributed by atoms with Crippen molar-refractivity contribution in [3.8, 4) is 0 Å². The summed E-state index contributed by atoms with van der Waals surface area (Å²) in [4.78, 5) is 14.8. The Balaban J connectivity index is 1.46. The van der Waals surface area contributed by atoms with E-state index in [1.807, 2.05) is 0 Å². The van der Waals surface area contributed by atoms with Crippen molar-refractivity contribution < 1.29 is 4.79 Å². The number of Topliss-reactive ketones (excluding diaryl/α,β-unsaturated/α-hetero) is 1. The van der Waals surface area contributed by atoms with Crippen molar-refractivity contribution in [3.05, 3.63) is 70.8 Å². The molecule has 2 aromatic carbocycles. The van der Waals surface area contributed by atoms with Crippen molar-refractivity contribution in [3.63, 3.8) is 0 Å². The summed E-state index contributed by atoms with van der Waals surface area (Å²) in [5.74, 6) is 0.967. The second-order valence-electron chi connectivity index (χ2n) is 9.23. The van der Waals surface area contributed by atoms with Crippen molar-refractivity contribution in [1.82, 2.24) is 4.90 Å². The highest BCUT2D eigenvalue weighted by molar-refractivity contribution is 5.94. The van der Waals surface area contributed by atoms with Crippen LogP contribution < -0.4 is 0 Å². The molecule has 2 bridgehead atoms. The first-order valence-electron chi connectivity index (χ1n) is 11.1. The van der Waals surface area contributed by atoms with Crippen molar-refractivity contribution >= 4 is 5.78 Å². The summed E-state index contributed by atoms with van der Waals surface area (Å²) in [5, 5.41) is 0. The minimum atomic E-state index is 0.203. The van der Waals surface area contributed by atoms with Crippen LogP contribution in [0.3, 0.4) is 0 Å². The van der Waals surface area contributed by atoms with E-state index in [4.69, 9.17) is 0 Å². The fourth-order valence-corrected chi connectivity index (χ4v) is 6.50. The normalized spacial score (nSPS) is 29.0. The molecule has 1 heterocycles. The molecule has 146 valence electrons. The van der Waals surface area contributed by atoms with Gasteiger partial charge in [0.1, 0.15) is 0 Å². The summed E-state index contributed by atoms with van der Waals surface area (Å²) in [6.07, 6.45) is 8.96. The molecule has 0 radical (unpaired) electrons. The first kappa shape index (κ1) is 18.1. The maximum Gasteiger partial charge on any atom is 0.159 e. The molecule has 0 unspecified atom stereocenters. The quantitative estimate of drug-likeness (QED) is 0.687. The molecular weight excluding hydrogens is 342 g/mol. The van der Waals surface area contributed by atoms with Crippen LogP contribution in [0.15, 0.2) is 48.5 Å². The van der Waals surface area contributed by atoms with Crippen LogP contribution in [-0.4, -0.2) is 29.8 Å². The number of piperidine rings is 1. The van der Waals surface area contributed by atoms with E-state index in [1.165, 1.54) is 61.9 Å². The summed E-state index contributed by atoms with van der Waals surface area (Å²) < 4.78 is 0. The lowest BCUT2D eigenvalue weighted by molar-refractivity contribution is -0.0106. The third-order valence-corrected chi connectivity index (χ3v) is 7.89. The zero-order valence-electron chi connectivity index (χ0n) is 17.0. The molecule has 0 spiro atoms. The Bertz CT molecular complexity index is 873. The number of hydrogen-bond acceptors (Lipinski definition) is 2. The zero-order valence-corrected chi connectivity index (χ0v) is 17.0. The van der Waals surface area contributed by atoms with Crippen LogP contribution in [0.5, 0.6) is 0 Å². The van der Waals surface area contributed by atoms with E-state index in [-0.39, 0.29) is 5.78 Å². The van der Waals surface area contributed by atoms with Gasteiger partial charge in [0.25, 0.3) is 0 Å². The summed E-state index contributed by atoms with van der Waals surface area (Å²) in [6.45, 7) is 4.08. The van der Waals surface area contributed by atoms with Gasteiger partial charge in [0, 0.05) is 23.6 Å². The molecule has 3 atom stereocenters. The van der Waals surface area contributed by atoms with E-state index in [1.54, 1.807) is 6.92 Å². The fourth-order valence-electron chi connectivity index (χ4n) is 6.50. The number of fused-ring (bicyclic) bond motifs is 1. The molecule has 1 saturated heterocycles. The minimum absolute atomic E-state index is 0.203. The first-order chi connectivity index (χ1) is 13.7. The van der Waals surface area contributed by atoms with Gasteiger partial charge in [0.05, 0.1) is 0 Å². The fraction of sp³-hybridized carbons (Fsp3) is 0.500. The van der Waals surface area contributed by atoms with Gasteiger partial charge in [-0.25, -0.2) is 0 Å². The van der Waals surface area contributed by atoms with Crippen LogP contribution in [0.2, 0.25) is 0 Å². The molecule has 2 aromatic rings. The van der Waals surface area contributed by atoms with Crippen molar-refractivity contribution in [2.75, 3.05) is 13.1 Å². The number of hydrogen-bond donors (Lipinski definition) is 0. The topological polar surface area (TPSA) is 20.3 Å². The number of likely N-dealkylation sites (tertiary alicyclic amines) is 1. The number of carbonyl (C=O) groups excluding carboxylic acids is 1. The Labute approximate surface area is 169 Å². The summed E-state index contributed by atoms with van der Waals surface area (Å²) in [7, 11) is 0. The third-order valence-electron chi connectivity index (χ3n) is 7.89. The highest BCUT2D eigenvalue weighted by Gasteiger charge is 2.53. The standard InChI is InChI=1S/C26H31NO/c1-19(28)21-10-11-22-18-25-23-9-5-6-13-26(23,24(22)17-21)14-16-27(25)15-12-20-7-3-2-4-8-20/h2-4,7-8,10-11,17,23,25H,5-6,9,12-16,18H2,1H3/t23-,25+,26+/m0/s1. The van der Waals surface area contributed by atoms with Gasteiger partial charge in [-0.1, -0.05) is 55.3 Å². The smallest absolute Gasteiger partial charge is 0.159 e. The Morgan fingerprint density at radius 2 is 1.96 bits per heavy atom. The average Bonchev–Trinajstić information content (AvgIpc) is 2.73. The molecule has 0 amide bonds. The van der Waals surface area contributed by atoms with Crippen LogP contribution in [0, 0.1) is 5.92 Å². The molecule has 2 aliphatic carbocycles. The zero-order chi connectivity index (χ0) is 19.1. The van der Waals surface area contributed by atoms with Crippen molar-refractivity contribution in [2.24, 2.45) is 5.92 Å². The summed E-state index contributed by atoms with van der Waals surface area (Å²) in [6, 6.07) is 18.2. The van der Waals surface area contributed by atoms with Gasteiger partial charge in [0.15, 0.2) is 5.78 Å². The largest absolute Gasteiger partial charge is 0.299 e. The molecule has 5 rings (SSSR count). The first-order valence-corrected chi connectivity index (χ1v) is 11.1. The number of benzene rings is 2. The van der Waals surface area contributed by atoms with Gasteiger partial charge in [-0.05, 0) is 74.2 Å². The summed E-state index contributed by atoms with van der Waals surface area (Å²) in [5.41, 5.74) is 5.72. The summed E-state index contributed by atoms with van der Waals surface area (Å²) >= 11 is 0. The molecule has 2 nitrogen and oxygen atoms in total. The van der Waals surface area contributed by atoms with Crippen LogP contribution in [0.1, 0.15) is 66.1 Å².